The van der Waals surface area contributed by atoms with Crippen LogP contribution in [-0.4, -0.2) is 30.5 Å². The van der Waals surface area contributed by atoms with E-state index in [2.05, 4.69) is 0 Å². The van der Waals surface area contributed by atoms with Gasteiger partial charge in [0.25, 0.3) is 0 Å². The number of anilines is 1. The third-order valence-electron chi connectivity index (χ3n) is 7.13. The number of nitrogens with zero attached hydrogens (tertiary/aromatic N) is 2. The van der Waals surface area contributed by atoms with E-state index in [-0.39, 0.29) is 18.1 Å². The van der Waals surface area contributed by atoms with Crippen LogP contribution in [-0.2, 0) is 14.4 Å². The Morgan fingerprint density at radius 1 is 0.946 bits per heavy atom. The van der Waals surface area contributed by atoms with Gasteiger partial charge in [0.05, 0.1) is 30.4 Å². The fraction of sp³-hybridized carbons (Fsp3) is 0.267. The number of aliphatic imine (C=N–C) groups is 1. The maximum absolute atomic E-state index is 13.9. The average Bonchev–Trinajstić information content (AvgIpc) is 3.07. The van der Waals surface area contributed by atoms with E-state index in [0.717, 1.165) is 16.8 Å². The van der Waals surface area contributed by atoms with Gasteiger partial charge in [-0.05, 0) is 54.2 Å². The molecule has 3 atom stereocenters. The number of fused-ring (bicyclic) bond motifs is 2. The number of methoxy groups -OCH3 is 1. The number of ketones is 1. The fourth-order valence-electron chi connectivity index (χ4n) is 5.44. The second-order valence-corrected chi connectivity index (χ2v) is 9.41. The van der Waals surface area contributed by atoms with Gasteiger partial charge in [0.1, 0.15) is 11.5 Å². The number of carbonyl (C=O) groups excluding carboxylic acids is 3. The van der Waals surface area contributed by atoms with Crippen LogP contribution in [0, 0.1) is 5.92 Å². The summed E-state index contributed by atoms with van der Waals surface area (Å²) in [6.45, 7) is 0. The van der Waals surface area contributed by atoms with Gasteiger partial charge in [-0.25, -0.2) is 0 Å². The molecule has 0 spiro atoms. The molecule has 2 aliphatic rings. The summed E-state index contributed by atoms with van der Waals surface area (Å²) in [4.78, 5) is 45.3. The molecule has 0 saturated heterocycles. The number of carboxylic acid groups (broad SMARTS) is 1. The Morgan fingerprint density at radius 3 is 2.43 bits per heavy atom. The topological polar surface area (TPSA) is 99.1 Å². The Hall–Kier alpha value is -4.26. The lowest BCUT2D eigenvalue weighted by molar-refractivity contribution is -0.305. The summed E-state index contributed by atoms with van der Waals surface area (Å²) in [6, 6.07) is 23.8. The zero-order chi connectivity index (χ0) is 25.9. The summed E-state index contributed by atoms with van der Waals surface area (Å²) in [5, 5.41) is 11.2. The Morgan fingerprint density at radius 2 is 1.68 bits per heavy atom. The van der Waals surface area contributed by atoms with Crippen LogP contribution in [0.4, 0.5) is 11.4 Å². The van der Waals surface area contributed by atoms with E-state index in [4.69, 9.17) is 9.73 Å². The molecule has 3 aromatic carbocycles. The van der Waals surface area contributed by atoms with Crippen molar-refractivity contribution >= 4 is 34.7 Å². The minimum atomic E-state index is -1.30. The highest BCUT2D eigenvalue weighted by atomic mass is 16.5. The van der Waals surface area contributed by atoms with E-state index >= 15 is 0 Å². The smallest absolute Gasteiger partial charge is 0.228 e. The molecule has 0 aromatic heterocycles. The zero-order valence-electron chi connectivity index (χ0n) is 20.5. The van der Waals surface area contributed by atoms with Crippen molar-refractivity contribution in [3.8, 4) is 5.75 Å². The van der Waals surface area contributed by atoms with Crippen LogP contribution in [0.25, 0.3) is 0 Å². The Balaban J connectivity index is 1.67. The fourth-order valence-corrected chi connectivity index (χ4v) is 5.44. The first kappa shape index (κ1) is 24.4. The van der Waals surface area contributed by atoms with Crippen molar-refractivity contribution in [1.29, 1.82) is 0 Å². The van der Waals surface area contributed by atoms with Crippen LogP contribution in [0.15, 0.2) is 83.9 Å². The molecule has 3 aromatic rings. The summed E-state index contributed by atoms with van der Waals surface area (Å²) < 4.78 is 5.45. The minimum Gasteiger partial charge on any atom is -0.550 e. The molecular weight excluding hydrogens is 468 g/mol. The number of para-hydroxylation sites is 2. The second-order valence-electron chi connectivity index (χ2n) is 9.41. The van der Waals surface area contributed by atoms with Crippen LogP contribution < -0.4 is 14.7 Å². The first-order valence-electron chi connectivity index (χ1n) is 12.4. The number of ether oxygens (including phenoxy) is 1. The van der Waals surface area contributed by atoms with Gasteiger partial charge in [-0.2, -0.15) is 0 Å². The van der Waals surface area contributed by atoms with Gasteiger partial charge in [0.2, 0.25) is 5.91 Å². The molecule has 0 unspecified atom stereocenters. The Labute approximate surface area is 215 Å². The number of hydrogen-bond acceptors (Lipinski definition) is 6. The molecule has 0 N–H and O–H groups in total. The number of amides is 1. The number of aliphatic carboxylic acids is 1. The highest BCUT2D eigenvalue weighted by Gasteiger charge is 2.46. The van der Waals surface area contributed by atoms with Crippen LogP contribution in [0.2, 0.25) is 0 Å². The van der Waals surface area contributed by atoms with Gasteiger partial charge >= 0.3 is 0 Å². The lowest BCUT2D eigenvalue weighted by Crippen LogP contribution is -2.45. The lowest BCUT2D eigenvalue weighted by Gasteiger charge is -2.39. The van der Waals surface area contributed by atoms with E-state index in [9.17, 15) is 19.5 Å². The second kappa shape index (κ2) is 10.4. The van der Waals surface area contributed by atoms with Crippen molar-refractivity contribution in [2.24, 2.45) is 10.9 Å². The number of hydrogen-bond donors (Lipinski definition) is 0. The van der Waals surface area contributed by atoms with Gasteiger partial charge in [-0.1, -0.05) is 54.6 Å². The molecule has 1 aliphatic heterocycles. The van der Waals surface area contributed by atoms with Gasteiger partial charge in [0.15, 0.2) is 0 Å². The summed E-state index contributed by atoms with van der Waals surface area (Å²) in [5.74, 6) is -1.79. The van der Waals surface area contributed by atoms with Crippen LogP contribution in [0.5, 0.6) is 5.75 Å². The van der Waals surface area contributed by atoms with Crippen molar-refractivity contribution in [1.82, 2.24) is 0 Å². The summed E-state index contributed by atoms with van der Waals surface area (Å²) in [5.41, 5.74) is 3.65. The van der Waals surface area contributed by atoms with E-state index < -0.39 is 30.3 Å². The first-order valence-corrected chi connectivity index (χ1v) is 12.4. The van der Waals surface area contributed by atoms with E-state index in [1.807, 2.05) is 66.7 Å². The molecule has 1 aliphatic carbocycles. The molecule has 1 heterocycles. The summed E-state index contributed by atoms with van der Waals surface area (Å²) in [7, 11) is 1.56. The van der Waals surface area contributed by atoms with Gasteiger partial charge in [0, 0.05) is 24.5 Å². The predicted molar refractivity (Wildman–Crippen MR) is 138 cm³/mol. The number of Topliss-reactive ketones (excluding diaryl/α,β-unsaturated/α-hetero) is 1. The quantitative estimate of drug-likeness (QED) is 0.512. The van der Waals surface area contributed by atoms with Crippen LogP contribution >= 0.6 is 0 Å². The standard InChI is InChI=1S/C30H28N2O5/c1-37-22-11-7-10-20(16-22)30-29-24(17-21(18-26(29)33)19-8-3-2-4-9-19)31-23-12-5-6-13-25(23)32(30)27(34)14-15-28(35)36/h2-13,16,21,29-30H,14-15,17-18H2,1H3,(H,35,36)/p-1/t21-,29-,30-/m0/s1. The monoisotopic (exact) mass is 495 g/mol. The van der Waals surface area contributed by atoms with Crippen molar-refractivity contribution < 1.29 is 24.2 Å². The van der Waals surface area contributed by atoms with Crippen molar-refractivity contribution in [2.75, 3.05) is 12.0 Å². The maximum atomic E-state index is 13.9. The zero-order valence-corrected chi connectivity index (χ0v) is 20.5. The molecule has 1 amide bonds. The first-order chi connectivity index (χ1) is 18.0. The predicted octanol–water partition coefficient (Wildman–Crippen LogP) is 4.15. The number of benzene rings is 3. The Kier molecular flexibility index (Phi) is 6.86. The highest BCUT2D eigenvalue weighted by Crippen LogP contribution is 2.47. The number of carbonyl (C=O) groups is 3. The van der Waals surface area contributed by atoms with E-state index in [1.54, 1.807) is 24.1 Å². The van der Waals surface area contributed by atoms with Crippen molar-refractivity contribution in [3.63, 3.8) is 0 Å². The van der Waals surface area contributed by atoms with Gasteiger partial charge < -0.3 is 19.5 Å². The SMILES string of the molecule is COc1cccc([C@H]2[C@@H]3C(=O)C[C@@H](c4ccccc4)CC3=Nc3ccccc3N2C(=O)CCC(=O)[O-])c1. The minimum absolute atomic E-state index is 0.00261. The number of carboxylic acids is 1. The van der Waals surface area contributed by atoms with Gasteiger partial charge in [-0.3, -0.25) is 14.6 Å². The highest BCUT2D eigenvalue weighted by molar-refractivity contribution is 6.13. The molecule has 37 heavy (non-hydrogen) atoms. The molecule has 188 valence electrons. The van der Waals surface area contributed by atoms with Crippen molar-refractivity contribution in [2.45, 2.75) is 37.6 Å². The molecule has 0 bridgehead atoms. The lowest BCUT2D eigenvalue weighted by atomic mass is 9.72. The van der Waals surface area contributed by atoms with Crippen LogP contribution in [0.3, 0.4) is 0 Å². The van der Waals surface area contributed by atoms with Crippen LogP contribution in [0.1, 0.15) is 48.8 Å². The van der Waals surface area contributed by atoms with E-state index in [1.165, 1.54) is 0 Å². The summed E-state index contributed by atoms with van der Waals surface area (Å²) >= 11 is 0. The third kappa shape index (κ3) is 4.89. The van der Waals surface area contributed by atoms with Gasteiger partial charge in [-0.15, -0.1) is 0 Å². The van der Waals surface area contributed by atoms with Crippen molar-refractivity contribution in [3.05, 3.63) is 90.0 Å². The summed E-state index contributed by atoms with van der Waals surface area (Å²) in [6.07, 6.45) is 0.243. The average molecular weight is 496 g/mol. The largest absolute Gasteiger partial charge is 0.550 e. The maximum Gasteiger partial charge on any atom is 0.228 e. The molecule has 1 saturated carbocycles. The third-order valence-corrected chi connectivity index (χ3v) is 7.13. The number of rotatable bonds is 6. The molecule has 7 nitrogen and oxygen atoms in total. The molecule has 1 fully saturated rings. The molecular formula is C30H27N2O5-. The Bertz CT molecular complexity index is 1370. The normalized spacial score (nSPS) is 20.8. The molecule has 7 heteroatoms. The van der Waals surface area contributed by atoms with E-state index in [0.29, 0.717) is 30.0 Å². The molecule has 5 rings (SSSR count). The molecule has 0 radical (unpaired) electrons.